The molecule has 0 amide bonds. The van der Waals surface area contributed by atoms with Gasteiger partial charge in [0, 0.05) is 24.8 Å². The fourth-order valence-electron chi connectivity index (χ4n) is 4.03. The second-order valence-electron chi connectivity index (χ2n) is 6.80. The largest absolute Gasteiger partial charge is 0.371 e. The van der Waals surface area contributed by atoms with Crippen LogP contribution in [0.25, 0.3) is 0 Å². The maximum Gasteiger partial charge on any atom is 0.0366 e. The van der Waals surface area contributed by atoms with Crippen molar-refractivity contribution < 1.29 is 0 Å². The van der Waals surface area contributed by atoms with Gasteiger partial charge in [0.25, 0.3) is 0 Å². The van der Waals surface area contributed by atoms with Crippen LogP contribution in [0.15, 0.2) is 24.3 Å². The van der Waals surface area contributed by atoms with Gasteiger partial charge in [0.2, 0.25) is 0 Å². The third-order valence-electron chi connectivity index (χ3n) is 5.61. The van der Waals surface area contributed by atoms with E-state index in [1.165, 1.54) is 62.9 Å². The van der Waals surface area contributed by atoms with Crippen molar-refractivity contribution >= 4 is 5.69 Å². The standard InChI is InChI=1S/C18H28N2/c1-2-17(19)15-5-7-16(8-6-15)20-13-11-18(12-14-20)9-3-4-10-18/h5-8,17H,2-4,9-14,19H2,1H3/t17-/m1/s1. The highest BCUT2D eigenvalue weighted by Gasteiger charge is 2.36. The van der Waals surface area contributed by atoms with E-state index in [-0.39, 0.29) is 6.04 Å². The molecule has 1 atom stereocenters. The second-order valence-corrected chi connectivity index (χ2v) is 6.80. The molecule has 2 nitrogen and oxygen atoms in total. The molecule has 1 spiro atoms. The summed E-state index contributed by atoms with van der Waals surface area (Å²) < 4.78 is 0. The van der Waals surface area contributed by atoms with E-state index in [1.54, 1.807) is 0 Å². The second kappa shape index (κ2) is 5.77. The van der Waals surface area contributed by atoms with Crippen molar-refractivity contribution in [3.05, 3.63) is 29.8 Å². The Balaban J connectivity index is 1.63. The summed E-state index contributed by atoms with van der Waals surface area (Å²) in [4.78, 5) is 2.56. The maximum atomic E-state index is 6.09. The molecule has 0 aromatic heterocycles. The van der Waals surface area contributed by atoms with Gasteiger partial charge in [-0.25, -0.2) is 0 Å². The minimum absolute atomic E-state index is 0.187. The van der Waals surface area contributed by atoms with Gasteiger partial charge in [0.15, 0.2) is 0 Å². The fraction of sp³-hybridized carbons (Fsp3) is 0.667. The molecular weight excluding hydrogens is 244 g/mol. The van der Waals surface area contributed by atoms with E-state index in [0.717, 1.165) is 6.42 Å². The molecule has 1 heterocycles. The van der Waals surface area contributed by atoms with Crippen molar-refractivity contribution in [2.45, 2.75) is 57.9 Å². The maximum absolute atomic E-state index is 6.09. The van der Waals surface area contributed by atoms with Gasteiger partial charge in [-0.15, -0.1) is 0 Å². The summed E-state index contributed by atoms with van der Waals surface area (Å²) in [6.07, 6.45) is 9.67. The number of piperidine rings is 1. The van der Waals surface area contributed by atoms with Crippen molar-refractivity contribution in [1.29, 1.82) is 0 Å². The Morgan fingerprint density at radius 1 is 1.05 bits per heavy atom. The SMILES string of the molecule is CC[C@@H](N)c1ccc(N2CCC3(CCCC3)CC2)cc1. The molecule has 1 aromatic rings. The molecule has 1 saturated carbocycles. The zero-order valence-corrected chi connectivity index (χ0v) is 12.8. The van der Waals surface area contributed by atoms with Gasteiger partial charge >= 0.3 is 0 Å². The van der Waals surface area contributed by atoms with Gasteiger partial charge in [0.05, 0.1) is 0 Å². The molecule has 0 radical (unpaired) electrons. The number of rotatable bonds is 3. The number of hydrogen-bond donors (Lipinski definition) is 1. The number of benzene rings is 1. The van der Waals surface area contributed by atoms with Crippen LogP contribution in [0, 0.1) is 5.41 Å². The molecule has 1 aromatic carbocycles. The van der Waals surface area contributed by atoms with Crippen LogP contribution in [0.4, 0.5) is 5.69 Å². The Kier molecular flexibility index (Phi) is 4.02. The first-order chi connectivity index (χ1) is 9.72. The third-order valence-corrected chi connectivity index (χ3v) is 5.61. The molecule has 2 aliphatic rings. The van der Waals surface area contributed by atoms with Crippen molar-refractivity contribution in [2.75, 3.05) is 18.0 Å². The van der Waals surface area contributed by atoms with Crippen molar-refractivity contribution in [3.8, 4) is 0 Å². The van der Waals surface area contributed by atoms with E-state index in [1.807, 2.05) is 0 Å². The summed E-state index contributed by atoms with van der Waals surface area (Å²) in [5.74, 6) is 0. The van der Waals surface area contributed by atoms with E-state index in [4.69, 9.17) is 5.73 Å². The van der Waals surface area contributed by atoms with Crippen LogP contribution >= 0.6 is 0 Å². The third kappa shape index (κ3) is 2.71. The van der Waals surface area contributed by atoms with Crippen molar-refractivity contribution in [3.63, 3.8) is 0 Å². The number of anilines is 1. The van der Waals surface area contributed by atoms with Gasteiger partial charge < -0.3 is 10.6 Å². The molecule has 110 valence electrons. The van der Waals surface area contributed by atoms with Crippen molar-refractivity contribution in [2.24, 2.45) is 11.1 Å². The van der Waals surface area contributed by atoms with Crippen LogP contribution < -0.4 is 10.6 Å². The Morgan fingerprint density at radius 3 is 2.20 bits per heavy atom. The minimum Gasteiger partial charge on any atom is -0.371 e. The lowest BCUT2D eigenvalue weighted by atomic mass is 9.77. The monoisotopic (exact) mass is 272 g/mol. The summed E-state index contributed by atoms with van der Waals surface area (Å²) in [6, 6.07) is 9.13. The van der Waals surface area contributed by atoms with E-state index in [2.05, 4.69) is 36.1 Å². The summed E-state index contributed by atoms with van der Waals surface area (Å²) in [7, 11) is 0. The molecule has 2 heteroatoms. The number of hydrogen-bond acceptors (Lipinski definition) is 2. The first-order valence-electron chi connectivity index (χ1n) is 8.33. The van der Waals surface area contributed by atoms with E-state index in [9.17, 15) is 0 Å². The summed E-state index contributed by atoms with van der Waals surface area (Å²) >= 11 is 0. The first kappa shape index (κ1) is 13.9. The summed E-state index contributed by atoms with van der Waals surface area (Å²) in [5, 5.41) is 0. The lowest BCUT2D eigenvalue weighted by Gasteiger charge is -2.40. The average Bonchev–Trinajstić information content (AvgIpc) is 2.96. The lowest BCUT2D eigenvalue weighted by Crippen LogP contribution is -2.38. The molecule has 1 aliphatic carbocycles. The molecule has 0 unspecified atom stereocenters. The predicted octanol–water partition coefficient (Wildman–Crippen LogP) is 4.26. The van der Waals surface area contributed by atoms with Gasteiger partial charge in [-0.3, -0.25) is 0 Å². The number of nitrogens with zero attached hydrogens (tertiary/aromatic N) is 1. The first-order valence-corrected chi connectivity index (χ1v) is 8.33. The summed E-state index contributed by atoms with van der Waals surface area (Å²) in [5.41, 5.74) is 9.44. The van der Waals surface area contributed by atoms with E-state index < -0.39 is 0 Å². The van der Waals surface area contributed by atoms with E-state index >= 15 is 0 Å². The van der Waals surface area contributed by atoms with Crippen LogP contribution in [0.1, 0.15) is 63.5 Å². The quantitative estimate of drug-likeness (QED) is 0.891. The molecule has 3 rings (SSSR count). The van der Waals surface area contributed by atoms with Gasteiger partial charge in [-0.05, 0) is 55.2 Å². The Morgan fingerprint density at radius 2 is 1.65 bits per heavy atom. The molecule has 2 N–H and O–H groups in total. The number of nitrogens with two attached hydrogens (primary N) is 1. The van der Waals surface area contributed by atoms with Gasteiger partial charge in [-0.1, -0.05) is 31.9 Å². The Labute approximate surface area is 123 Å². The van der Waals surface area contributed by atoms with Crippen LogP contribution in [0.3, 0.4) is 0 Å². The van der Waals surface area contributed by atoms with Crippen LogP contribution in [-0.2, 0) is 0 Å². The lowest BCUT2D eigenvalue weighted by molar-refractivity contribution is 0.226. The predicted molar refractivity (Wildman–Crippen MR) is 86.0 cm³/mol. The van der Waals surface area contributed by atoms with Crippen LogP contribution in [0.2, 0.25) is 0 Å². The smallest absolute Gasteiger partial charge is 0.0366 e. The van der Waals surface area contributed by atoms with Gasteiger partial charge in [-0.2, -0.15) is 0 Å². The highest BCUT2D eigenvalue weighted by molar-refractivity contribution is 5.48. The molecule has 1 saturated heterocycles. The Bertz CT molecular complexity index is 421. The summed E-state index contributed by atoms with van der Waals surface area (Å²) in [6.45, 7) is 4.61. The molecule has 20 heavy (non-hydrogen) atoms. The van der Waals surface area contributed by atoms with E-state index in [0.29, 0.717) is 5.41 Å². The highest BCUT2D eigenvalue weighted by Crippen LogP contribution is 2.46. The highest BCUT2D eigenvalue weighted by atomic mass is 15.1. The fourth-order valence-corrected chi connectivity index (χ4v) is 4.03. The molecule has 1 aliphatic heterocycles. The van der Waals surface area contributed by atoms with Crippen molar-refractivity contribution in [1.82, 2.24) is 0 Å². The zero-order valence-electron chi connectivity index (χ0n) is 12.8. The van der Waals surface area contributed by atoms with Crippen LogP contribution in [0.5, 0.6) is 0 Å². The normalized spacial score (nSPS) is 23.2. The van der Waals surface area contributed by atoms with Gasteiger partial charge in [0.1, 0.15) is 0 Å². The molecule has 0 bridgehead atoms. The average molecular weight is 272 g/mol. The molecule has 2 fully saturated rings. The zero-order chi connectivity index (χ0) is 14.0. The minimum atomic E-state index is 0.187. The Hall–Kier alpha value is -1.02. The van der Waals surface area contributed by atoms with Crippen LogP contribution in [-0.4, -0.2) is 13.1 Å². The molecular formula is C18H28N2. The topological polar surface area (TPSA) is 29.3 Å².